The van der Waals surface area contributed by atoms with Gasteiger partial charge in [-0.05, 0) is 139 Å². The predicted octanol–water partition coefficient (Wildman–Crippen LogP) is 11.2. The summed E-state index contributed by atoms with van der Waals surface area (Å²) in [6, 6.07) is 32.0. The molecular formula is C77H56N10O17. The highest BCUT2D eigenvalue weighted by molar-refractivity contribution is 6.05. The summed E-state index contributed by atoms with van der Waals surface area (Å²) in [5.74, 6) is -12.8. The first-order valence-corrected chi connectivity index (χ1v) is 32.5. The minimum absolute atomic E-state index is 0.00229. The molecule has 0 saturated carbocycles. The molecule has 14 aromatic rings. The molecule has 0 radical (unpaired) electrons. The van der Waals surface area contributed by atoms with Crippen molar-refractivity contribution in [2.24, 2.45) is 0 Å². The minimum atomic E-state index is -1.82. The number of carbonyl (C=O) groups is 6. The first-order valence-electron chi connectivity index (χ1n) is 32.5. The number of fused-ring (bicyclic) bond motifs is 5. The Balaban J connectivity index is 0.883. The Labute approximate surface area is 582 Å². The van der Waals surface area contributed by atoms with Crippen molar-refractivity contribution in [2.75, 3.05) is 5.32 Å². The van der Waals surface area contributed by atoms with Gasteiger partial charge in [-0.15, -0.1) is 0 Å². The molecule has 0 saturated heterocycles. The normalized spacial score (nSPS) is 11.9. The third-order valence-electron chi connectivity index (χ3n) is 18.7. The zero-order chi connectivity index (χ0) is 72.8. The molecule has 0 fully saturated rings. The van der Waals surface area contributed by atoms with Crippen LogP contribution in [0.1, 0.15) is 99.0 Å². The molecule has 0 aliphatic carbocycles. The van der Waals surface area contributed by atoms with E-state index in [1.807, 2.05) is 0 Å². The molecule has 0 spiro atoms. The molecule has 15 rings (SSSR count). The lowest BCUT2D eigenvalue weighted by Gasteiger charge is -2.20. The molecule has 516 valence electrons. The van der Waals surface area contributed by atoms with E-state index >= 15 is 24.0 Å². The van der Waals surface area contributed by atoms with E-state index in [0.717, 1.165) is 10.8 Å². The molecule has 0 unspecified atom stereocenters. The third kappa shape index (κ3) is 11.2. The lowest BCUT2D eigenvalue weighted by Crippen LogP contribution is -2.31. The Kier molecular flexibility index (Phi) is 16.0. The number of hydrogen-bond acceptors (Lipinski definition) is 16. The maximum Gasteiger partial charge on any atom is 0.353 e. The van der Waals surface area contributed by atoms with Crippen LogP contribution in [0.3, 0.4) is 0 Å². The number of ether oxygens (including phenoxy) is 4. The molecule has 10 heterocycles. The fourth-order valence-electron chi connectivity index (χ4n) is 13.5. The highest BCUT2D eigenvalue weighted by atomic mass is 16.6. The van der Waals surface area contributed by atoms with Crippen LogP contribution in [0.25, 0.3) is 99.9 Å². The molecule has 12 N–H and O–H groups in total. The first kappa shape index (κ1) is 65.6. The SMILES string of the molecule is CCc1c(-c2ccc3cc[nH]c3c2)[nH]c(=O)c(C(=O)O)c1OC(=O)c1c(OC(=O)c2c(OC(=O)c3c(OC(=O)c4c(O)c(C)c(-c5ccc6c(c5)CC(=O)N6)[nH]c4=O)c(C)c(-c4ccc5[nH]ccc5c4)[nH]c3=O)c(CC)c(-c3ccc4[nH]ccc4c3)[nH]c2=O)c(C)c(-c2ccc3cc[nH]c3c2)[nH]c1=O. The lowest BCUT2D eigenvalue weighted by atomic mass is 9.99. The number of pyridine rings is 5. The molecule has 0 atom stereocenters. The highest BCUT2D eigenvalue weighted by Crippen LogP contribution is 2.41. The molecule has 9 aromatic heterocycles. The Hall–Kier alpha value is -14.4. The number of esters is 4. The molecule has 27 heteroatoms. The van der Waals surface area contributed by atoms with E-state index in [0.29, 0.717) is 71.9 Å². The van der Waals surface area contributed by atoms with Crippen molar-refractivity contribution in [3.05, 3.63) is 253 Å². The number of amides is 1. The third-order valence-corrected chi connectivity index (χ3v) is 18.7. The van der Waals surface area contributed by atoms with Gasteiger partial charge >= 0.3 is 29.8 Å². The molecule has 0 bridgehead atoms. The van der Waals surface area contributed by atoms with E-state index in [2.05, 4.69) is 50.2 Å². The second-order valence-corrected chi connectivity index (χ2v) is 24.8. The smallest absolute Gasteiger partial charge is 0.353 e. The maximum absolute atomic E-state index is 15.8. The van der Waals surface area contributed by atoms with Crippen molar-refractivity contribution < 1.29 is 57.9 Å². The number of hydrogen-bond donors (Lipinski definition) is 12. The van der Waals surface area contributed by atoms with Crippen LogP contribution in [0.2, 0.25) is 0 Å². The number of benzene rings is 5. The summed E-state index contributed by atoms with van der Waals surface area (Å²) in [6.45, 7) is 7.32. The van der Waals surface area contributed by atoms with Crippen molar-refractivity contribution in [1.82, 2.24) is 44.9 Å². The summed E-state index contributed by atoms with van der Waals surface area (Å²) < 4.78 is 24.4. The quantitative estimate of drug-likeness (QED) is 0.0400. The van der Waals surface area contributed by atoms with Crippen LogP contribution in [-0.4, -0.2) is 90.8 Å². The number of nitrogens with one attached hydrogen (secondary N) is 10. The van der Waals surface area contributed by atoms with Gasteiger partial charge in [-0.3, -0.25) is 28.8 Å². The summed E-state index contributed by atoms with van der Waals surface area (Å²) in [6.07, 6.45) is 6.49. The predicted molar refractivity (Wildman–Crippen MR) is 384 cm³/mol. The van der Waals surface area contributed by atoms with E-state index in [1.54, 1.807) is 154 Å². The zero-order valence-corrected chi connectivity index (χ0v) is 55.4. The fraction of sp³-hybridized carbons (Fsp3) is 0.104. The number of aromatic nitrogens is 9. The first-order chi connectivity index (χ1) is 50.0. The molecule has 1 aliphatic heterocycles. The van der Waals surface area contributed by atoms with Gasteiger partial charge in [0.05, 0.1) is 34.9 Å². The number of aromatic amines is 9. The van der Waals surface area contributed by atoms with Gasteiger partial charge in [0, 0.05) is 102 Å². The number of anilines is 1. The van der Waals surface area contributed by atoms with Crippen molar-refractivity contribution in [2.45, 2.75) is 53.9 Å². The Bertz CT molecular complexity index is 6440. The van der Waals surface area contributed by atoms with Crippen LogP contribution in [-0.2, 0) is 24.1 Å². The average Bonchev–Trinajstić information content (AvgIpc) is 0.993. The number of H-pyrrole nitrogens is 9. The van der Waals surface area contributed by atoms with Gasteiger partial charge in [0.25, 0.3) is 27.8 Å². The minimum Gasteiger partial charge on any atom is -0.506 e. The molecule has 5 aromatic carbocycles. The van der Waals surface area contributed by atoms with E-state index in [-0.39, 0.29) is 81.5 Å². The van der Waals surface area contributed by atoms with Crippen molar-refractivity contribution in [3.8, 4) is 85.0 Å². The topological polar surface area (TPSA) is 419 Å². The lowest BCUT2D eigenvalue weighted by molar-refractivity contribution is -0.115. The van der Waals surface area contributed by atoms with Crippen LogP contribution in [0, 0.1) is 20.8 Å². The van der Waals surface area contributed by atoms with Crippen molar-refractivity contribution in [3.63, 3.8) is 0 Å². The van der Waals surface area contributed by atoms with E-state index in [9.17, 15) is 39.0 Å². The van der Waals surface area contributed by atoms with Gasteiger partial charge in [0.15, 0.2) is 50.8 Å². The van der Waals surface area contributed by atoms with Crippen molar-refractivity contribution in [1.29, 1.82) is 0 Å². The van der Waals surface area contributed by atoms with Gasteiger partial charge in [0.2, 0.25) is 5.91 Å². The Morgan fingerprint density at radius 1 is 0.385 bits per heavy atom. The number of aromatic hydroxyl groups is 1. The molecule has 1 aliphatic rings. The van der Waals surface area contributed by atoms with Crippen LogP contribution in [0.4, 0.5) is 5.69 Å². The van der Waals surface area contributed by atoms with Crippen LogP contribution in [0.15, 0.2) is 164 Å². The van der Waals surface area contributed by atoms with Crippen LogP contribution >= 0.6 is 0 Å². The second-order valence-electron chi connectivity index (χ2n) is 24.8. The summed E-state index contributed by atoms with van der Waals surface area (Å²) in [7, 11) is 0. The standard InChI is InChI=1S/C77H56N10O17/c1-6-45-62(43-11-9-36-19-23-81-51(36)30-43)86-69(91)54(73(95)96)66(45)103-75(98)56-65(34(5)60(85-71(56)93)42-10-8-35-18-22-80-50(35)29-42)102-77(100)57-67(46(7-2)61(87-72(57)94)41-13-16-48-38(27-41)21-25-79-48)104-76(99)55-64(33(4)59(84-70(55)92)39-12-15-47-37(26-39)20-24-78-47)101-74(97)53-63(89)32(3)58(83-68(53)90)40-14-17-49-44(28-40)31-52(88)82-49/h8-30,78-81H,6-7,31H2,1-5H3,(H,82,88)(H,84,92)(H,85,93)(H,86,91)(H,87,94)(H,95,96)(H2,83,89,90). The summed E-state index contributed by atoms with van der Waals surface area (Å²) in [5, 5.41) is 28.0. The molecule has 1 amide bonds. The van der Waals surface area contributed by atoms with E-state index in [1.165, 1.54) is 20.8 Å². The second kappa shape index (κ2) is 25.4. The maximum atomic E-state index is 15.8. The molecule has 104 heavy (non-hydrogen) atoms. The molecular weight excluding hydrogens is 1340 g/mol. The number of carboxylic acid groups (broad SMARTS) is 1. The van der Waals surface area contributed by atoms with Crippen LogP contribution in [0.5, 0.6) is 28.7 Å². The monoisotopic (exact) mass is 1390 g/mol. The van der Waals surface area contributed by atoms with Gasteiger partial charge in [0.1, 0.15) is 5.75 Å². The van der Waals surface area contributed by atoms with Gasteiger partial charge in [-0.1, -0.05) is 56.3 Å². The summed E-state index contributed by atoms with van der Waals surface area (Å²) in [5.41, 5.74) is -6.28. The number of carboxylic acids is 1. The van der Waals surface area contributed by atoms with Crippen LogP contribution < -0.4 is 52.1 Å². The van der Waals surface area contributed by atoms with Gasteiger partial charge < -0.3 is 79.3 Å². The average molecular weight is 1390 g/mol. The highest BCUT2D eigenvalue weighted by Gasteiger charge is 2.37. The van der Waals surface area contributed by atoms with Gasteiger partial charge in [-0.25, -0.2) is 24.0 Å². The number of aromatic carboxylic acids is 1. The summed E-state index contributed by atoms with van der Waals surface area (Å²) in [4.78, 5) is 186. The van der Waals surface area contributed by atoms with Gasteiger partial charge in [-0.2, -0.15) is 0 Å². The Morgan fingerprint density at radius 3 is 1.23 bits per heavy atom. The number of carbonyl (C=O) groups excluding carboxylic acids is 5. The fourth-order valence-corrected chi connectivity index (χ4v) is 13.5. The summed E-state index contributed by atoms with van der Waals surface area (Å²) >= 11 is 0. The largest absolute Gasteiger partial charge is 0.506 e. The Morgan fingerprint density at radius 2 is 0.740 bits per heavy atom. The zero-order valence-electron chi connectivity index (χ0n) is 55.4. The van der Waals surface area contributed by atoms with E-state index < -0.39 is 114 Å². The number of rotatable bonds is 16. The van der Waals surface area contributed by atoms with E-state index in [4.69, 9.17) is 18.9 Å². The van der Waals surface area contributed by atoms with Crippen molar-refractivity contribution >= 4 is 85.1 Å². The molecule has 27 nitrogen and oxygen atoms in total.